The molecule has 0 bridgehead atoms. The van der Waals surface area contributed by atoms with Crippen LogP contribution in [0.2, 0.25) is 0 Å². The lowest BCUT2D eigenvalue weighted by atomic mass is 10.2. The fraction of sp³-hybridized carbons (Fsp3) is 0.500. The summed E-state index contributed by atoms with van der Waals surface area (Å²) in [6.45, 7) is 2.77. The summed E-state index contributed by atoms with van der Waals surface area (Å²) < 4.78 is 5.53. The first-order chi connectivity index (χ1) is 12.2. The van der Waals surface area contributed by atoms with Crippen molar-refractivity contribution in [2.45, 2.75) is 31.3 Å². The van der Waals surface area contributed by atoms with Crippen molar-refractivity contribution in [2.75, 3.05) is 31.5 Å². The Hall–Kier alpha value is -2.59. The molecule has 1 N–H and O–H groups in total. The van der Waals surface area contributed by atoms with Gasteiger partial charge in [-0.3, -0.25) is 14.7 Å². The Morgan fingerprint density at radius 2 is 2.32 bits per heavy atom. The Balaban J connectivity index is 1.35. The number of aromatic nitrogens is 1. The van der Waals surface area contributed by atoms with Gasteiger partial charge in [-0.05, 0) is 25.3 Å². The van der Waals surface area contributed by atoms with E-state index < -0.39 is 0 Å². The normalized spacial score (nSPS) is 23.9. The van der Waals surface area contributed by atoms with Crippen LogP contribution in [-0.4, -0.2) is 59.0 Å². The Kier molecular flexibility index (Phi) is 4.28. The minimum absolute atomic E-state index is 0.0690. The van der Waals surface area contributed by atoms with E-state index in [0.29, 0.717) is 13.1 Å². The van der Waals surface area contributed by atoms with Crippen molar-refractivity contribution in [2.24, 2.45) is 0 Å². The van der Waals surface area contributed by atoms with E-state index in [1.54, 1.807) is 23.6 Å². The molecular formula is C18H21N5O2. The van der Waals surface area contributed by atoms with Crippen molar-refractivity contribution in [3.05, 3.63) is 24.7 Å². The molecule has 2 atom stereocenters. The van der Waals surface area contributed by atoms with Crippen molar-refractivity contribution < 1.29 is 9.21 Å². The van der Waals surface area contributed by atoms with E-state index in [0.717, 1.165) is 49.0 Å². The molecule has 0 saturated carbocycles. The van der Waals surface area contributed by atoms with Gasteiger partial charge in [0, 0.05) is 37.3 Å². The van der Waals surface area contributed by atoms with Crippen LogP contribution < -0.4 is 5.32 Å². The van der Waals surface area contributed by atoms with Crippen LogP contribution in [0, 0.1) is 11.3 Å². The summed E-state index contributed by atoms with van der Waals surface area (Å²) in [5.74, 6) is 0.0690. The van der Waals surface area contributed by atoms with E-state index in [9.17, 15) is 4.79 Å². The molecular weight excluding hydrogens is 318 g/mol. The Bertz CT molecular complexity index is 811. The van der Waals surface area contributed by atoms with Gasteiger partial charge in [-0.1, -0.05) is 0 Å². The maximum absolute atomic E-state index is 12.5. The van der Waals surface area contributed by atoms with Crippen molar-refractivity contribution in [3.8, 4) is 6.07 Å². The highest BCUT2D eigenvalue weighted by molar-refractivity contribution is 5.87. The molecule has 0 aliphatic carbocycles. The predicted octanol–water partition coefficient (Wildman–Crippen LogP) is 1.83. The molecule has 4 heterocycles. The SMILES string of the molecule is N#C[C@@H]1CCCN1C(=O)CN1CC[C@H](Nc2cncc3ccoc23)C1. The quantitative estimate of drug-likeness (QED) is 0.915. The highest BCUT2D eigenvalue weighted by atomic mass is 16.3. The maximum Gasteiger partial charge on any atom is 0.237 e. The van der Waals surface area contributed by atoms with Crippen LogP contribution in [0.15, 0.2) is 29.1 Å². The van der Waals surface area contributed by atoms with Gasteiger partial charge >= 0.3 is 0 Å². The summed E-state index contributed by atoms with van der Waals surface area (Å²) in [6.07, 6.45) is 7.92. The first-order valence-electron chi connectivity index (χ1n) is 8.74. The van der Waals surface area contributed by atoms with Gasteiger partial charge in [-0.15, -0.1) is 0 Å². The molecule has 7 nitrogen and oxygen atoms in total. The first-order valence-corrected chi connectivity index (χ1v) is 8.74. The fourth-order valence-corrected chi connectivity index (χ4v) is 3.79. The van der Waals surface area contributed by atoms with Gasteiger partial charge < -0.3 is 14.6 Å². The number of anilines is 1. The van der Waals surface area contributed by atoms with Gasteiger partial charge in [0.05, 0.1) is 30.8 Å². The lowest BCUT2D eigenvalue weighted by Gasteiger charge is -2.23. The number of pyridine rings is 1. The second kappa shape index (κ2) is 6.73. The van der Waals surface area contributed by atoms with Crippen molar-refractivity contribution >= 4 is 22.6 Å². The van der Waals surface area contributed by atoms with Gasteiger partial charge in [0.2, 0.25) is 5.91 Å². The Morgan fingerprint density at radius 3 is 3.20 bits per heavy atom. The fourth-order valence-electron chi connectivity index (χ4n) is 3.79. The summed E-state index contributed by atoms with van der Waals surface area (Å²) in [7, 11) is 0. The first kappa shape index (κ1) is 15.9. The van der Waals surface area contributed by atoms with Crippen LogP contribution in [0.1, 0.15) is 19.3 Å². The largest absolute Gasteiger partial charge is 0.462 e. The number of likely N-dealkylation sites (tertiary alicyclic amines) is 2. The topological polar surface area (TPSA) is 85.4 Å². The number of nitriles is 1. The molecule has 4 rings (SSSR count). The number of fused-ring (bicyclic) bond motifs is 1. The summed E-state index contributed by atoms with van der Waals surface area (Å²) in [5.41, 5.74) is 1.71. The van der Waals surface area contributed by atoms with Gasteiger partial charge in [-0.25, -0.2) is 0 Å². The lowest BCUT2D eigenvalue weighted by Crippen LogP contribution is -2.42. The second-order valence-electron chi connectivity index (χ2n) is 6.77. The number of hydrogen-bond donors (Lipinski definition) is 1. The summed E-state index contributed by atoms with van der Waals surface area (Å²) >= 11 is 0. The predicted molar refractivity (Wildman–Crippen MR) is 92.8 cm³/mol. The smallest absolute Gasteiger partial charge is 0.237 e. The Morgan fingerprint density at radius 1 is 1.40 bits per heavy atom. The molecule has 7 heteroatoms. The number of furan rings is 1. The van der Waals surface area contributed by atoms with E-state index in [1.165, 1.54) is 0 Å². The highest BCUT2D eigenvalue weighted by Crippen LogP contribution is 2.25. The van der Waals surface area contributed by atoms with Crippen LogP contribution in [0.3, 0.4) is 0 Å². The molecule has 2 saturated heterocycles. The summed E-state index contributed by atoms with van der Waals surface area (Å²) in [6, 6.07) is 4.15. The lowest BCUT2D eigenvalue weighted by molar-refractivity contribution is -0.132. The molecule has 0 aromatic carbocycles. The number of nitrogens with zero attached hydrogens (tertiary/aromatic N) is 4. The van der Waals surface area contributed by atoms with Gasteiger partial charge in [0.1, 0.15) is 6.04 Å². The molecule has 1 amide bonds. The highest BCUT2D eigenvalue weighted by Gasteiger charge is 2.31. The number of rotatable bonds is 4. The molecule has 0 unspecified atom stereocenters. The van der Waals surface area contributed by atoms with Gasteiger partial charge in [0.25, 0.3) is 0 Å². The molecule has 2 fully saturated rings. The van der Waals surface area contributed by atoms with Crippen molar-refractivity contribution in [1.82, 2.24) is 14.8 Å². The van der Waals surface area contributed by atoms with Crippen LogP contribution >= 0.6 is 0 Å². The number of carbonyl (C=O) groups excluding carboxylic acids is 1. The Labute approximate surface area is 146 Å². The number of nitrogens with one attached hydrogen (secondary N) is 1. The van der Waals surface area contributed by atoms with Crippen molar-refractivity contribution in [1.29, 1.82) is 5.26 Å². The van der Waals surface area contributed by atoms with E-state index in [2.05, 4.69) is 21.3 Å². The number of hydrogen-bond acceptors (Lipinski definition) is 6. The minimum Gasteiger partial charge on any atom is -0.462 e. The second-order valence-corrected chi connectivity index (χ2v) is 6.77. The minimum atomic E-state index is -0.244. The van der Waals surface area contributed by atoms with Crippen molar-refractivity contribution in [3.63, 3.8) is 0 Å². The van der Waals surface area contributed by atoms with Crippen LogP contribution in [0.25, 0.3) is 11.0 Å². The van der Waals surface area contributed by atoms with E-state index >= 15 is 0 Å². The maximum atomic E-state index is 12.5. The summed E-state index contributed by atoms with van der Waals surface area (Å²) in [4.78, 5) is 20.6. The molecule has 130 valence electrons. The monoisotopic (exact) mass is 339 g/mol. The standard InChI is InChI=1S/C18H21N5O2/c19-8-15-2-1-5-23(15)17(24)12-22-6-3-14(11-22)21-16-10-20-9-13-4-7-25-18(13)16/h4,7,9-10,14-15,21H,1-3,5-6,11-12H2/t14-,15-/m0/s1. The van der Waals surface area contributed by atoms with Gasteiger partial charge in [-0.2, -0.15) is 5.26 Å². The molecule has 2 aliphatic rings. The third-order valence-electron chi connectivity index (χ3n) is 5.07. The third-order valence-corrected chi connectivity index (χ3v) is 5.07. The molecule has 0 spiro atoms. The van der Waals surface area contributed by atoms with E-state index in [-0.39, 0.29) is 18.0 Å². The molecule has 2 aromatic rings. The zero-order valence-corrected chi connectivity index (χ0v) is 14.0. The molecule has 25 heavy (non-hydrogen) atoms. The van der Waals surface area contributed by atoms with Crippen LogP contribution in [-0.2, 0) is 4.79 Å². The zero-order chi connectivity index (χ0) is 17.2. The molecule has 0 radical (unpaired) electrons. The molecule has 2 aromatic heterocycles. The van der Waals surface area contributed by atoms with Crippen LogP contribution in [0.5, 0.6) is 0 Å². The average molecular weight is 339 g/mol. The number of amides is 1. The zero-order valence-electron chi connectivity index (χ0n) is 14.0. The third kappa shape index (κ3) is 3.17. The van der Waals surface area contributed by atoms with E-state index in [1.807, 2.05) is 6.07 Å². The number of carbonyl (C=O) groups is 1. The molecule has 2 aliphatic heterocycles. The summed E-state index contributed by atoms with van der Waals surface area (Å²) in [5, 5.41) is 13.6. The average Bonchev–Trinajstić information content (AvgIpc) is 3.35. The van der Waals surface area contributed by atoms with Crippen LogP contribution in [0.4, 0.5) is 5.69 Å². The van der Waals surface area contributed by atoms with Gasteiger partial charge in [0.15, 0.2) is 5.58 Å². The van der Waals surface area contributed by atoms with E-state index in [4.69, 9.17) is 9.68 Å².